The highest BCUT2D eigenvalue weighted by atomic mass is 16.5. The van der Waals surface area contributed by atoms with Gasteiger partial charge >= 0.3 is 0 Å². The molecule has 1 nitrogen and oxygen atoms in total. The van der Waals surface area contributed by atoms with E-state index in [1.807, 2.05) is 18.2 Å². The second kappa shape index (κ2) is 9.17. The number of ether oxygens (including phenoxy) is 1. The van der Waals surface area contributed by atoms with E-state index in [9.17, 15) is 0 Å². The second-order valence-corrected chi connectivity index (χ2v) is 3.97. The average Bonchev–Trinajstić information content (AvgIpc) is 2.34. The maximum atomic E-state index is 5.54. The molecule has 0 spiro atoms. The van der Waals surface area contributed by atoms with Crippen molar-refractivity contribution in [2.75, 3.05) is 6.61 Å². The van der Waals surface area contributed by atoms with Gasteiger partial charge in [-0.2, -0.15) is 0 Å². The minimum absolute atomic E-state index is 0.708. The molecule has 0 aliphatic heterocycles. The summed E-state index contributed by atoms with van der Waals surface area (Å²) >= 11 is 0. The van der Waals surface area contributed by atoms with Crippen LogP contribution in [0.5, 0.6) is 0 Å². The van der Waals surface area contributed by atoms with Crippen molar-refractivity contribution in [3.8, 4) is 0 Å². The molecule has 0 aliphatic carbocycles. The van der Waals surface area contributed by atoms with Crippen LogP contribution < -0.4 is 0 Å². The first-order chi connectivity index (χ1) is 7.93. The van der Waals surface area contributed by atoms with Gasteiger partial charge in [-0.1, -0.05) is 62.2 Å². The van der Waals surface area contributed by atoms with Gasteiger partial charge in [0.2, 0.25) is 0 Å². The molecule has 1 rings (SSSR count). The quantitative estimate of drug-likeness (QED) is 0.466. The third kappa shape index (κ3) is 6.41. The van der Waals surface area contributed by atoms with Crippen molar-refractivity contribution in [2.24, 2.45) is 0 Å². The monoisotopic (exact) mass is 218 g/mol. The molecular formula is C15H22O. The van der Waals surface area contributed by atoms with Gasteiger partial charge in [-0.05, 0) is 18.4 Å². The highest BCUT2D eigenvalue weighted by molar-refractivity contribution is 5.13. The molecule has 0 amide bonds. The van der Waals surface area contributed by atoms with Gasteiger partial charge in [0.15, 0.2) is 0 Å². The Hall–Kier alpha value is -1.08. The lowest BCUT2D eigenvalue weighted by Gasteiger charge is -2.00. The minimum atomic E-state index is 0.708. The molecule has 0 aliphatic rings. The van der Waals surface area contributed by atoms with Gasteiger partial charge in [0.1, 0.15) is 0 Å². The Kier molecular flexibility index (Phi) is 7.44. The van der Waals surface area contributed by atoms with Crippen LogP contribution in [0, 0.1) is 0 Å². The van der Waals surface area contributed by atoms with E-state index in [0.29, 0.717) is 6.61 Å². The lowest BCUT2D eigenvalue weighted by atomic mass is 10.2. The van der Waals surface area contributed by atoms with E-state index in [4.69, 9.17) is 4.74 Å². The first-order valence-corrected chi connectivity index (χ1v) is 6.20. The Morgan fingerprint density at radius 1 is 1.06 bits per heavy atom. The van der Waals surface area contributed by atoms with Crippen LogP contribution in [0.2, 0.25) is 0 Å². The van der Waals surface area contributed by atoms with Crippen molar-refractivity contribution in [1.29, 1.82) is 0 Å². The summed E-state index contributed by atoms with van der Waals surface area (Å²) in [7, 11) is 0. The van der Waals surface area contributed by atoms with Crippen LogP contribution >= 0.6 is 0 Å². The molecule has 0 fully saturated rings. The molecule has 16 heavy (non-hydrogen) atoms. The van der Waals surface area contributed by atoms with E-state index in [0.717, 1.165) is 6.61 Å². The Balaban J connectivity index is 1.99. The highest BCUT2D eigenvalue weighted by Crippen LogP contribution is 2.01. The molecule has 0 radical (unpaired) electrons. The fourth-order valence-corrected chi connectivity index (χ4v) is 1.52. The van der Waals surface area contributed by atoms with Gasteiger partial charge in [-0.3, -0.25) is 0 Å². The van der Waals surface area contributed by atoms with Crippen LogP contribution in [0.1, 0.15) is 38.2 Å². The Bertz CT molecular complexity index is 277. The van der Waals surface area contributed by atoms with Crippen LogP contribution in [0.4, 0.5) is 0 Å². The molecule has 0 unspecified atom stereocenters. The smallest absolute Gasteiger partial charge is 0.0721 e. The third-order valence-electron chi connectivity index (χ3n) is 2.47. The van der Waals surface area contributed by atoms with E-state index >= 15 is 0 Å². The van der Waals surface area contributed by atoms with Crippen LogP contribution in [-0.2, 0) is 11.3 Å². The predicted molar refractivity (Wildman–Crippen MR) is 69.4 cm³/mol. The first kappa shape index (κ1) is 13.0. The van der Waals surface area contributed by atoms with Gasteiger partial charge in [-0.25, -0.2) is 0 Å². The van der Waals surface area contributed by atoms with Crippen molar-refractivity contribution in [2.45, 2.75) is 39.2 Å². The van der Waals surface area contributed by atoms with Crippen molar-refractivity contribution in [3.63, 3.8) is 0 Å². The molecule has 0 heterocycles. The van der Waals surface area contributed by atoms with Crippen LogP contribution in [0.15, 0.2) is 42.5 Å². The molecule has 0 aromatic heterocycles. The summed E-state index contributed by atoms with van der Waals surface area (Å²) in [5.74, 6) is 0. The number of unbranched alkanes of at least 4 members (excludes halogenated alkanes) is 3. The third-order valence-corrected chi connectivity index (χ3v) is 2.47. The largest absolute Gasteiger partial charge is 0.373 e. The van der Waals surface area contributed by atoms with E-state index in [-0.39, 0.29) is 0 Å². The maximum absolute atomic E-state index is 5.54. The molecule has 0 bridgehead atoms. The van der Waals surface area contributed by atoms with Gasteiger partial charge < -0.3 is 4.74 Å². The second-order valence-electron chi connectivity index (χ2n) is 3.97. The summed E-state index contributed by atoms with van der Waals surface area (Å²) in [6.45, 7) is 3.66. The van der Waals surface area contributed by atoms with Gasteiger partial charge in [0.05, 0.1) is 13.2 Å². The fraction of sp³-hybridized carbons (Fsp3) is 0.467. The topological polar surface area (TPSA) is 9.23 Å². The van der Waals surface area contributed by atoms with Crippen molar-refractivity contribution in [1.82, 2.24) is 0 Å². The van der Waals surface area contributed by atoms with E-state index in [2.05, 4.69) is 31.2 Å². The van der Waals surface area contributed by atoms with Crippen molar-refractivity contribution >= 4 is 0 Å². The molecule has 88 valence electrons. The summed E-state index contributed by atoms with van der Waals surface area (Å²) in [4.78, 5) is 0. The zero-order valence-corrected chi connectivity index (χ0v) is 10.2. The maximum Gasteiger partial charge on any atom is 0.0721 e. The number of rotatable bonds is 8. The van der Waals surface area contributed by atoms with Gasteiger partial charge in [-0.15, -0.1) is 0 Å². The zero-order chi connectivity index (χ0) is 11.5. The van der Waals surface area contributed by atoms with Crippen LogP contribution in [-0.4, -0.2) is 6.61 Å². The standard InChI is InChI=1S/C15H22O/c1-2-3-4-5-6-10-13-16-14-15-11-8-7-9-12-15/h6-12H,2-5,13-14H2,1H3/b10-6-. The summed E-state index contributed by atoms with van der Waals surface area (Å²) in [5, 5.41) is 0. The van der Waals surface area contributed by atoms with E-state index in [1.165, 1.54) is 31.2 Å². The summed E-state index contributed by atoms with van der Waals surface area (Å²) in [5.41, 5.74) is 1.24. The predicted octanol–water partition coefficient (Wildman–Crippen LogP) is 4.34. The Labute approximate surface area is 99.1 Å². The number of hydrogen-bond donors (Lipinski definition) is 0. The Morgan fingerprint density at radius 2 is 1.88 bits per heavy atom. The number of allylic oxidation sites excluding steroid dienone is 1. The lowest BCUT2D eigenvalue weighted by molar-refractivity contribution is 0.148. The highest BCUT2D eigenvalue weighted by Gasteiger charge is 1.88. The molecular weight excluding hydrogens is 196 g/mol. The molecule has 1 aromatic rings. The summed E-state index contributed by atoms with van der Waals surface area (Å²) in [6.07, 6.45) is 9.45. The zero-order valence-electron chi connectivity index (χ0n) is 10.2. The minimum Gasteiger partial charge on any atom is -0.373 e. The van der Waals surface area contributed by atoms with Crippen LogP contribution in [0.25, 0.3) is 0 Å². The molecule has 0 N–H and O–H groups in total. The van der Waals surface area contributed by atoms with E-state index < -0.39 is 0 Å². The number of hydrogen-bond acceptors (Lipinski definition) is 1. The molecule has 0 saturated heterocycles. The van der Waals surface area contributed by atoms with Crippen molar-refractivity contribution < 1.29 is 4.74 Å². The van der Waals surface area contributed by atoms with Crippen LogP contribution in [0.3, 0.4) is 0 Å². The van der Waals surface area contributed by atoms with Gasteiger partial charge in [0.25, 0.3) is 0 Å². The van der Waals surface area contributed by atoms with E-state index in [1.54, 1.807) is 0 Å². The number of benzene rings is 1. The molecule has 0 atom stereocenters. The molecule has 1 aromatic carbocycles. The van der Waals surface area contributed by atoms with Crippen molar-refractivity contribution in [3.05, 3.63) is 48.0 Å². The summed E-state index contributed by atoms with van der Waals surface area (Å²) in [6, 6.07) is 10.3. The first-order valence-electron chi connectivity index (χ1n) is 6.20. The fourth-order valence-electron chi connectivity index (χ4n) is 1.52. The normalized spacial score (nSPS) is 11.1. The lowest BCUT2D eigenvalue weighted by Crippen LogP contribution is -1.91. The van der Waals surface area contributed by atoms with Gasteiger partial charge in [0, 0.05) is 0 Å². The summed E-state index contributed by atoms with van der Waals surface area (Å²) < 4.78 is 5.54. The average molecular weight is 218 g/mol. The molecule has 1 heteroatoms. The SMILES string of the molecule is CCCCC/C=C\COCc1ccccc1. The Morgan fingerprint density at radius 3 is 2.62 bits per heavy atom. The molecule has 0 saturated carbocycles.